The fourth-order valence-electron chi connectivity index (χ4n) is 16.2. The molecule has 0 aliphatic carbocycles. The number of H-pyrrole nitrogens is 2. The van der Waals surface area contributed by atoms with E-state index in [-0.39, 0.29) is 88.4 Å². The number of amides is 12. The molecule has 1 fully saturated rings. The Morgan fingerprint density at radius 2 is 0.992 bits per heavy atom. The number of Topliss-reactive ketones (excluding diaryl/α,β-unsaturated/α-hetero) is 3. The van der Waals surface area contributed by atoms with Crippen LogP contribution in [0.3, 0.4) is 0 Å². The number of nitrogens with one attached hydrogen (secondary N) is 8. The molecule has 3 heterocycles. The van der Waals surface area contributed by atoms with E-state index in [0.29, 0.717) is 68.0 Å². The van der Waals surface area contributed by atoms with Crippen molar-refractivity contribution >= 4 is 128 Å². The van der Waals surface area contributed by atoms with Crippen molar-refractivity contribution < 1.29 is 91.7 Å². The molecule has 2 aromatic heterocycles. The minimum atomic E-state index is -1.58. The molecule has 0 saturated carbocycles. The number of hydrogen-bond acceptors (Lipinski definition) is 20. The lowest BCUT2D eigenvalue weighted by atomic mass is 9.84. The zero-order valence-corrected chi connectivity index (χ0v) is 77.1. The average Bonchev–Trinajstić information content (AvgIpc) is 1.77. The Bertz CT molecular complexity index is 5360. The van der Waals surface area contributed by atoms with E-state index in [4.69, 9.17) is 10.5 Å². The van der Waals surface area contributed by atoms with E-state index in [9.17, 15) is 39.0 Å². The van der Waals surface area contributed by atoms with Crippen LogP contribution < -0.4 is 37.6 Å². The van der Waals surface area contributed by atoms with Gasteiger partial charge in [0.1, 0.15) is 72.2 Å². The molecule has 712 valence electrons. The molecule has 1 aliphatic heterocycles. The molecular formula is C99H126N14O19S. The first kappa shape index (κ1) is 105. The number of aromatic amines is 2. The second-order valence-electron chi connectivity index (χ2n) is 34.6. The van der Waals surface area contributed by atoms with Crippen molar-refractivity contribution in [2.75, 3.05) is 66.4 Å². The van der Waals surface area contributed by atoms with Gasteiger partial charge in [-0.1, -0.05) is 176 Å². The number of phenols is 2. The lowest BCUT2D eigenvalue weighted by Crippen LogP contribution is -2.59. The lowest BCUT2D eigenvalue weighted by molar-refractivity contribution is -0.151. The molecule has 6 aromatic carbocycles. The summed E-state index contributed by atoms with van der Waals surface area (Å²) < 4.78 is 5.17. The smallest absolute Gasteiger partial charge is 0.293 e. The van der Waals surface area contributed by atoms with Crippen molar-refractivity contribution in [3.8, 4) is 11.5 Å². The van der Waals surface area contributed by atoms with Crippen LogP contribution in [0.4, 0.5) is 0 Å². The van der Waals surface area contributed by atoms with Crippen molar-refractivity contribution in [2.24, 2.45) is 29.4 Å². The maximum atomic E-state index is 15.6. The minimum Gasteiger partial charge on any atom is -0.508 e. The van der Waals surface area contributed by atoms with Gasteiger partial charge in [0.05, 0.1) is 30.8 Å². The molecule has 12 amide bonds. The number of para-hydroxylation sites is 1. The summed E-state index contributed by atoms with van der Waals surface area (Å²) in [6, 6.07) is 30.4. The van der Waals surface area contributed by atoms with Gasteiger partial charge in [0.15, 0.2) is 11.6 Å². The van der Waals surface area contributed by atoms with Crippen LogP contribution in [0.15, 0.2) is 170 Å². The van der Waals surface area contributed by atoms with Gasteiger partial charge in [0, 0.05) is 145 Å². The molecule has 9 rings (SSSR count). The number of likely N-dealkylation sites (N-methyl/N-ethyl adjacent to an activating group) is 5. The lowest BCUT2D eigenvalue weighted by Gasteiger charge is -2.37. The first-order valence-corrected chi connectivity index (χ1v) is 45.5. The summed E-state index contributed by atoms with van der Waals surface area (Å²) in [5.74, 6) is -16.4. The number of phenolic OH excluding ortho intramolecular Hbond substituents is 2. The number of nitrogens with zero attached hydrogens (tertiary/aromatic N) is 5. The van der Waals surface area contributed by atoms with Crippen molar-refractivity contribution in [2.45, 2.75) is 186 Å². The summed E-state index contributed by atoms with van der Waals surface area (Å²) in [6.45, 7) is 6.86. The number of carbonyl (C=O) groups excluding carboxylic acids is 16. The Labute approximate surface area is 779 Å². The molecule has 12 N–H and O–H groups in total. The number of fused-ring (bicyclic) bond motifs is 2. The molecule has 1 aliphatic rings. The van der Waals surface area contributed by atoms with Gasteiger partial charge >= 0.3 is 0 Å². The second kappa shape index (κ2) is 50.8. The van der Waals surface area contributed by atoms with Crippen molar-refractivity contribution in [1.82, 2.24) is 66.4 Å². The summed E-state index contributed by atoms with van der Waals surface area (Å²) in [7, 11) is 6.82. The van der Waals surface area contributed by atoms with Crippen LogP contribution in [-0.2, 0) is 120 Å². The Hall–Kier alpha value is -13.5. The molecule has 0 unspecified atom stereocenters. The summed E-state index contributed by atoms with van der Waals surface area (Å²) in [4.78, 5) is 248. The highest BCUT2D eigenvalue weighted by Gasteiger charge is 2.43. The minimum absolute atomic E-state index is 0. The highest BCUT2D eigenvalue weighted by Crippen LogP contribution is 2.29. The Morgan fingerprint density at radius 1 is 0.496 bits per heavy atom. The standard InChI is InChI=1S/C98H122N14O19S.CH4/c1-11-12-32-82-97(129)108(6)53-70(116)46-67(55-131-58-113)86(118)50-72(60(4)5)94(126)111(9)83(44-62-26-18-14-19-27-62)93(125)106-80(48-66-52-101-75-38-37-69(115)49-73(66)75)95(127)109(7)54-88(120)102-78(47-65-51-100-74-31-23-22-30-71(65)74)92(124)105-77(42-64-33-35-68(114)36-34-64)91(123)104-76(41-59(2)3)90(122)107-81(85(117)39-40-87(99)119)56-132-57-89(121)103-79(43-61-24-16-13-17-25-61)96(128)112(10)84(98(130)110(82)8)45-63-28-20-15-21-29-63;/h13-31,33-38,49,51-52,58-60,67,72,76-84,100-101,114-115H,11-12,32,39-48,50,53-57H2,1-10H3,(H2,99,119)(H,102,120)(H,103,121)(H,104,123)(H,105,124)(H,106,125)(H,107,122);1H4/t67-,72-,76-,77-,78-,79-,80-,81-,82-,83-,84-;/m0./s1. The predicted molar refractivity (Wildman–Crippen MR) is 504 cm³/mol. The first-order valence-electron chi connectivity index (χ1n) is 44.3. The monoisotopic (exact) mass is 1850 g/mol. The van der Waals surface area contributed by atoms with E-state index < -0.39 is 211 Å². The number of primary amides is 1. The summed E-state index contributed by atoms with van der Waals surface area (Å²) in [5, 5.41) is 39.2. The van der Waals surface area contributed by atoms with E-state index >= 15 is 47.9 Å². The number of aromatic hydroxyl groups is 2. The van der Waals surface area contributed by atoms with Gasteiger partial charge in [0.2, 0.25) is 70.9 Å². The third-order valence-electron chi connectivity index (χ3n) is 23.7. The van der Waals surface area contributed by atoms with E-state index in [0.717, 1.165) is 21.6 Å². The molecule has 0 spiro atoms. The molecule has 8 aromatic rings. The third-order valence-corrected chi connectivity index (χ3v) is 24.8. The molecule has 133 heavy (non-hydrogen) atoms. The fraction of sp³-hybridized carbons (Fsp3) is 0.434. The van der Waals surface area contributed by atoms with Gasteiger partial charge in [0.25, 0.3) is 6.47 Å². The van der Waals surface area contributed by atoms with Crippen LogP contribution in [0, 0.1) is 23.7 Å². The first-order chi connectivity index (χ1) is 63.0. The maximum Gasteiger partial charge on any atom is 0.293 e. The number of ether oxygens (including phenoxy) is 1. The third kappa shape index (κ3) is 30.5. The number of nitrogens with two attached hydrogens (primary N) is 1. The van der Waals surface area contributed by atoms with Gasteiger partial charge in [-0.05, 0) is 94.5 Å². The number of ketones is 3. The van der Waals surface area contributed by atoms with Crippen LogP contribution in [0.25, 0.3) is 21.8 Å². The number of rotatable bonds is 25. The van der Waals surface area contributed by atoms with E-state index in [1.807, 2.05) is 6.92 Å². The number of carbonyl (C=O) groups is 16. The van der Waals surface area contributed by atoms with Crippen molar-refractivity contribution in [1.29, 1.82) is 0 Å². The van der Waals surface area contributed by atoms with Gasteiger partial charge in [-0.25, -0.2) is 0 Å². The quantitative estimate of drug-likeness (QED) is 0.0270. The van der Waals surface area contributed by atoms with Gasteiger partial charge < -0.3 is 87.1 Å². The maximum absolute atomic E-state index is 15.6. The number of hydrogen-bond donors (Lipinski definition) is 11. The highest BCUT2D eigenvalue weighted by atomic mass is 32.2. The number of benzene rings is 6. The van der Waals surface area contributed by atoms with Gasteiger partial charge in [-0.15, -0.1) is 11.8 Å². The molecule has 11 atom stereocenters. The van der Waals surface area contributed by atoms with Crippen LogP contribution in [0.2, 0.25) is 0 Å². The van der Waals surface area contributed by atoms with Crippen molar-refractivity contribution in [3.05, 3.63) is 203 Å². The van der Waals surface area contributed by atoms with Crippen LogP contribution >= 0.6 is 11.8 Å². The SMILES string of the molecule is C.CCCC[C@H]1C(=O)N(C)CC(=O)C[C@@H](COC=O)C(=O)C[C@@H](C(C)C)C(=O)N(C)[C@@H](Cc2ccccc2)C(=O)N[C@@H](Cc2c[nH]c3ccc(O)cc23)C(=O)N(C)CC(=O)N[C@@H](Cc2c[nH]c3ccccc23)C(=O)N[C@@H](Cc2ccc(O)cc2)C(=O)N[C@@H](CC(C)C)C(=O)N[C@H](C(=O)CCC(N)=O)CSCC(=O)N[C@@H](Cc2ccccc2)C(=O)N(C)[C@@H](Cc2ccccc2)C(=O)N1C. The average molecular weight is 1850 g/mol. The Balaban J connectivity index is 0.0000218. The molecule has 34 heteroatoms. The van der Waals surface area contributed by atoms with Crippen LogP contribution in [-0.4, -0.2) is 260 Å². The largest absolute Gasteiger partial charge is 0.508 e. The zero-order valence-electron chi connectivity index (χ0n) is 76.2. The molecule has 0 radical (unpaired) electrons. The zero-order chi connectivity index (χ0) is 96.0. The molecule has 33 nitrogen and oxygen atoms in total. The van der Waals surface area contributed by atoms with Crippen LogP contribution in [0.5, 0.6) is 11.5 Å². The summed E-state index contributed by atoms with van der Waals surface area (Å²) in [5.41, 5.74) is 9.89. The highest BCUT2D eigenvalue weighted by molar-refractivity contribution is 8.00. The van der Waals surface area contributed by atoms with E-state index in [1.54, 1.807) is 161 Å². The second-order valence-corrected chi connectivity index (χ2v) is 35.7. The molecule has 1 saturated heterocycles. The van der Waals surface area contributed by atoms with E-state index in [1.165, 1.54) is 86.3 Å². The normalized spacial score (nSPS) is 21.7. The predicted octanol–water partition coefficient (Wildman–Crippen LogP) is 6.56. The van der Waals surface area contributed by atoms with E-state index in [2.05, 4.69) is 41.9 Å². The van der Waals surface area contributed by atoms with Crippen molar-refractivity contribution in [3.63, 3.8) is 0 Å². The summed E-state index contributed by atoms with van der Waals surface area (Å²) in [6.07, 6.45) is 0.981. The topological polar surface area (TPSA) is 469 Å². The molecular weight excluding hydrogens is 1720 g/mol. The Kier molecular flexibility index (Phi) is 40.0. The van der Waals surface area contributed by atoms with Gasteiger partial charge in [-0.2, -0.15) is 0 Å². The Morgan fingerprint density at radius 3 is 1.59 bits per heavy atom. The summed E-state index contributed by atoms with van der Waals surface area (Å²) >= 11 is 0.881. The van der Waals surface area contributed by atoms with Crippen LogP contribution in [0.1, 0.15) is 127 Å². The number of unbranched alkanes of at least 4 members (excludes halogenated alkanes) is 1. The fourth-order valence-corrected chi connectivity index (χ4v) is 17.1. The number of aromatic nitrogens is 2. The molecule has 0 bridgehead atoms. The van der Waals surface area contributed by atoms with Gasteiger partial charge in [-0.3, -0.25) is 76.7 Å². The number of thioether (sulfide) groups is 1.